The van der Waals surface area contributed by atoms with Gasteiger partial charge in [-0.1, -0.05) is 6.07 Å². The Balaban J connectivity index is 2.50. The van der Waals surface area contributed by atoms with Crippen LogP contribution in [0, 0.1) is 0 Å². The van der Waals surface area contributed by atoms with Crippen LogP contribution in [0.5, 0.6) is 0 Å². The van der Waals surface area contributed by atoms with Gasteiger partial charge in [-0.05, 0) is 38.8 Å². The summed E-state index contributed by atoms with van der Waals surface area (Å²) >= 11 is 0. The van der Waals surface area contributed by atoms with Crippen LogP contribution in [0.1, 0.15) is 32.0 Å². The van der Waals surface area contributed by atoms with Crippen LogP contribution in [0.25, 0.3) is 0 Å². The van der Waals surface area contributed by atoms with Gasteiger partial charge < -0.3 is 0 Å². The maximum Gasteiger partial charge on any atom is 0.433 e. The van der Waals surface area contributed by atoms with Crippen LogP contribution < -0.4 is 4.72 Å². The van der Waals surface area contributed by atoms with E-state index in [1.807, 2.05) is 20.8 Å². The van der Waals surface area contributed by atoms with Crippen LogP contribution >= 0.6 is 0 Å². The molecule has 0 amide bonds. The van der Waals surface area contributed by atoms with Crippen LogP contribution in [0.4, 0.5) is 13.2 Å². The lowest BCUT2D eigenvalue weighted by Crippen LogP contribution is -2.34. The molecule has 7 heteroatoms. The number of nitrogens with one attached hydrogen (secondary N) is 1. The number of alkyl halides is 3. The Kier molecular flexibility index (Phi) is 5.09. The highest BCUT2D eigenvalue weighted by Crippen LogP contribution is 2.27. The van der Waals surface area contributed by atoms with Crippen molar-refractivity contribution in [1.82, 2.24) is 9.71 Å². The standard InChI is InChI=1S/C12H17F3N2OS/c1-11(2,3)19(18)17-7-6-9-4-5-10(16-8-9)12(13,14)15/h4-5,8,17H,6-7H2,1-3H3. The van der Waals surface area contributed by atoms with Gasteiger partial charge in [0, 0.05) is 12.7 Å². The Morgan fingerprint density at radius 2 is 1.89 bits per heavy atom. The zero-order valence-corrected chi connectivity index (χ0v) is 11.9. The first-order valence-electron chi connectivity index (χ1n) is 5.78. The summed E-state index contributed by atoms with van der Waals surface area (Å²) in [5, 5.41) is 0. The van der Waals surface area contributed by atoms with Crippen LogP contribution in [0.2, 0.25) is 0 Å². The molecule has 0 fully saturated rings. The van der Waals surface area contributed by atoms with Gasteiger partial charge in [0.05, 0.1) is 15.7 Å². The van der Waals surface area contributed by atoms with Crippen LogP contribution in [0.3, 0.4) is 0 Å². The second-order valence-electron chi connectivity index (χ2n) is 5.07. The SMILES string of the molecule is CC(C)(C)S(=O)NCCc1ccc(C(F)(F)F)nc1. The van der Waals surface area contributed by atoms with E-state index in [1.54, 1.807) is 0 Å². The van der Waals surface area contributed by atoms with E-state index in [0.717, 1.165) is 6.07 Å². The van der Waals surface area contributed by atoms with E-state index in [9.17, 15) is 17.4 Å². The molecule has 0 aromatic carbocycles. The zero-order valence-electron chi connectivity index (χ0n) is 11.0. The van der Waals surface area contributed by atoms with E-state index < -0.39 is 22.9 Å². The summed E-state index contributed by atoms with van der Waals surface area (Å²) in [7, 11) is -1.18. The number of nitrogens with zero attached hydrogens (tertiary/aromatic N) is 1. The molecule has 1 atom stereocenters. The third-order valence-electron chi connectivity index (χ3n) is 2.32. The van der Waals surface area contributed by atoms with Crippen molar-refractivity contribution in [2.75, 3.05) is 6.54 Å². The third kappa shape index (κ3) is 5.28. The van der Waals surface area contributed by atoms with Crippen molar-refractivity contribution in [3.8, 4) is 0 Å². The zero-order chi connectivity index (χ0) is 14.7. The lowest BCUT2D eigenvalue weighted by Gasteiger charge is -2.18. The van der Waals surface area contributed by atoms with E-state index in [-0.39, 0.29) is 4.75 Å². The van der Waals surface area contributed by atoms with Gasteiger partial charge in [0.2, 0.25) is 0 Å². The molecule has 0 saturated carbocycles. The highest BCUT2D eigenvalue weighted by atomic mass is 32.2. The van der Waals surface area contributed by atoms with E-state index in [0.29, 0.717) is 18.5 Å². The molecule has 1 heterocycles. The molecule has 1 N–H and O–H groups in total. The minimum Gasteiger partial charge on any atom is -0.252 e. The van der Waals surface area contributed by atoms with Gasteiger partial charge in [0.1, 0.15) is 5.69 Å². The van der Waals surface area contributed by atoms with E-state index in [4.69, 9.17) is 0 Å². The molecule has 0 aliphatic carbocycles. The van der Waals surface area contributed by atoms with E-state index in [1.165, 1.54) is 12.3 Å². The maximum atomic E-state index is 12.3. The number of halogens is 3. The average Bonchev–Trinajstić information content (AvgIpc) is 2.27. The van der Waals surface area contributed by atoms with Gasteiger partial charge in [0.25, 0.3) is 0 Å². The van der Waals surface area contributed by atoms with Crippen molar-refractivity contribution in [1.29, 1.82) is 0 Å². The molecule has 0 aliphatic heterocycles. The summed E-state index contributed by atoms with van der Waals surface area (Å²) in [6.07, 6.45) is -2.73. The summed E-state index contributed by atoms with van der Waals surface area (Å²) in [4.78, 5) is 3.37. The summed E-state index contributed by atoms with van der Waals surface area (Å²) in [6, 6.07) is 2.34. The second kappa shape index (κ2) is 6.00. The molecular weight excluding hydrogens is 277 g/mol. The van der Waals surface area contributed by atoms with Gasteiger partial charge >= 0.3 is 6.18 Å². The Labute approximate surface area is 113 Å². The predicted octanol–water partition coefficient (Wildman–Crippen LogP) is 2.69. The summed E-state index contributed by atoms with van der Waals surface area (Å²) in [5.74, 6) is 0. The molecule has 1 rings (SSSR count). The van der Waals surface area contributed by atoms with Crippen molar-refractivity contribution < 1.29 is 17.4 Å². The first-order chi connectivity index (χ1) is 8.60. The monoisotopic (exact) mass is 294 g/mol. The summed E-state index contributed by atoms with van der Waals surface area (Å²) in [5.41, 5.74) is -0.228. The number of pyridine rings is 1. The minimum atomic E-state index is -4.41. The lowest BCUT2D eigenvalue weighted by atomic mass is 10.2. The van der Waals surface area contributed by atoms with Crippen molar-refractivity contribution in [2.45, 2.75) is 38.1 Å². The first kappa shape index (κ1) is 16.1. The van der Waals surface area contributed by atoms with Crippen LogP contribution in [-0.2, 0) is 23.6 Å². The molecule has 1 unspecified atom stereocenters. The van der Waals surface area contributed by atoms with Crippen molar-refractivity contribution in [3.05, 3.63) is 29.6 Å². The maximum absolute atomic E-state index is 12.3. The smallest absolute Gasteiger partial charge is 0.252 e. The molecule has 19 heavy (non-hydrogen) atoms. The molecule has 0 radical (unpaired) electrons. The molecule has 1 aromatic rings. The molecule has 0 bridgehead atoms. The van der Waals surface area contributed by atoms with Gasteiger partial charge in [-0.25, -0.2) is 8.93 Å². The Morgan fingerprint density at radius 1 is 1.26 bits per heavy atom. The van der Waals surface area contributed by atoms with Crippen molar-refractivity contribution >= 4 is 11.0 Å². The van der Waals surface area contributed by atoms with Crippen molar-refractivity contribution in [3.63, 3.8) is 0 Å². The molecule has 0 aliphatic rings. The average molecular weight is 294 g/mol. The second-order valence-corrected chi connectivity index (χ2v) is 7.13. The van der Waals surface area contributed by atoms with Gasteiger partial charge in [-0.2, -0.15) is 13.2 Å². The van der Waals surface area contributed by atoms with Crippen LogP contribution in [0.15, 0.2) is 18.3 Å². The molecule has 0 saturated heterocycles. The number of aromatic nitrogens is 1. The van der Waals surface area contributed by atoms with Gasteiger partial charge in [-0.15, -0.1) is 0 Å². The largest absolute Gasteiger partial charge is 0.433 e. The minimum absolute atomic E-state index is 0.363. The Morgan fingerprint density at radius 3 is 2.32 bits per heavy atom. The first-order valence-corrected chi connectivity index (χ1v) is 6.93. The summed E-state index contributed by atoms with van der Waals surface area (Å²) in [6.45, 7) is 5.96. The topological polar surface area (TPSA) is 42.0 Å². The highest BCUT2D eigenvalue weighted by Gasteiger charge is 2.31. The molecule has 108 valence electrons. The number of hydrogen-bond acceptors (Lipinski definition) is 2. The fraction of sp³-hybridized carbons (Fsp3) is 0.583. The lowest BCUT2D eigenvalue weighted by molar-refractivity contribution is -0.141. The van der Waals surface area contributed by atoms with Crippen molar-refractivity contribution in [2.24, 2.45) is 0 Å². The number of rotatable bonds is 4. The fourth-order valence-electron chi connectivity index (χ4n) is 1.24. The Bertz CT molecular complexity index is 438. The summed E-state index contributed by atoms with van der Waals surface area (Å²) < 4.78 is 51.0. The van der Waals surface area contributed by atoms with Crippen LogP contribution in [-0.4, -0.2) is 20.5 Å². The molecule has 0 spiro atoms. The number of hydrogen-bond donors (Lipinski definition) is 1. The predicted molar refractivity (Wildman–Crippen MR) is 68.8 cm³/mol. The normalized spacial score (nSPS) is 14.4. The van der Waals surface area contributed by atoms with E-state index in [2.05, 4.69) is 9.71 Å². The Hall–Kier alpha value is -0.950. The molecule has 3 nitrogen and oxygen atoms in total. The van der Waals surface area contributed by atoms with Gasteiger partial charge in [-0.3, -0.25) is 4.98 Å². The molecule has 1 aromatic heterocycles. The van der Waals surface area contributed by atoms with E-state index >= 15 is 0 Å². The van der Waals surface area contributed by atoms with Gasteiger partial charge in [0.15, 0.2) is 0 Å². The third-order valence-corrected chi connectivity index (χ3v) is 3.90. The fourth-order valence-corrected chi connectivity index (χ4v) is 1.97. The quantitative estimate of drug-likeness (QED) is 0.927. The highest BCUT2D eigenvalue weighted by molar-refractivity contribution is 7.84. The molecular formula is C12H17F3N2OS.